The van der Waals surface area contributed by atoms with Gasteiger partial charge in [0, 0.05) is 19.3 Å². The van der Waals surface area contributed by atoms with E-state index < -0.39 is 0 Å². The fourth-order valence-corrected chi connectivity index (χ4v) is 1.31. The Morgan fingerprint density at radius 1 is 1.43 bits per heavy atom. The highest BCUT2D eigenvalue weighted by Gasteiger charge is 1.99. The molecule has 0 unspecified atom stereocenters. The molecule has 0 radical (unpaired) electrons. The summed E-state index contributed by atoms with van der Waals surface area (Å²) in [5.41, 5.74) is 3.03. The van der Waals surface area contributed by atoms with E-state index in [2.05, 4.69) is 29.2 Å². The summed E-state index contributed by atoms with van der Waals surface area (Å²) in [7, 11) is 1.79. The van der Waals surface area contributed by atoms with Crippen molar-refractivity contribution in [1.29, 1.82) is 0 Å². The Balaban J connectivity index is 2.61. The highest BCUT2D eigenvalue weighted by molar-refractivity contribution is 5.45. The molecule has 2 aromatic rings. The van der Waals surface area contributed by atoms with E-state index in [1.807, 2.05) is 22.7 Å². The van der Waals surface area contributed by atoms with Crippen LogP contribution in [0.3, 0.4) is 0 Å². The van der Waals surface area contributed by atoms with Gasteiger partial charge in [-0.15, -0.1) is 0 Å². The maximum atomic E-state index is 4.25. The summed E-state index contributed by atoms with van der Waals surface area (Å²) in [6.45, 7) is 2.05. The third-order valence-electron chi connectivity index (χ3n) is 1.97. The molecular weight excluding hydrogens is 174 g/mol. The summed E-state index contributed by atoms with van der Waals surface area (Å²) in [4.78, 5) is 4.25. The van der Waals surface area contributed by atoms with E-state index in [-0.39, 0.29) is 0 Å². The Morgan fingerprint density at radius 2 is 2.29 bits per heavy atom. The third kappa shape index (κ3) is 1.42. The zero-order chi connectivity index (χ0) is 9.97. The van der Waals surface area contributed by atoms with Gasteiger partial charge < -0.3 is 5.32 Å². The van der Waals surface area contributed by atoms with Gasteiger partial charge in [0.05, 0.1) is 6.20 Å². The van der Waals surface area contributed by atoms with Crippen molar-refractivity contribution in [3.05, 3.63) is 35.8 Å². The highest BCUT2D eigenvalue weighted by atomic mass is 15.0. The predicted molar refractivity (Wildman–Crippen MR) is 55.9 cm³/mol. The summed E-state index contributed by atoms with van der Waals surface area (Å²) in [5, 5.41) is 2.78. The van der Waals surface area contributed by atoms with Crippen LogP contribution in [0.4, 0.5) is 0 Å². The molecule has 2 rings (SSSR count). The van der Waals surface area contributed by atoms with Crippen molar-refractivity contribution >= 4 is 5.65 Å². The number of aromatic nitrogens is 2. The number of pyridine rings is 1. The number of hydrogen-bond donors (Lipinski definition) is 1. The van der Waals surface area contributed by atoms with Gasteiger partial charge in [-0.3, -0.25) is 4.40 Å². The summed E-state index contributed by atoms with van der Waals surface area (Å²) in [6.07, 6.45) is 3.81. The van der Waals surface area contributed by atoms with Crippen LogP contribution in [0.2, 0.25) is 0 Å². The summed E-state index contributed by atoms with van der Waals surface area (Å²) in [5.74, 6) is 2.98. The van der Waals surface area contributed by atoms with Gasteiger partial charge in [-0.25, -0.2) is 4.98 Å². The highest BCUT2D eigenvalue weighted by Crippen LogP contribution is 2.07. The fourth-order valence-electron chi connectivity index (χ4n) is 1.31. The van der Waals surface area contributed by atoms with Gasteiger partial charge in [-0.05, 0) is 24.5 Å². The van der Waals surface area contributed by atoms with Crippen LogP contribution in [0.1, 0.15) is 11.3 Å². The number of aryl methyl sites for hydroxylation is 1. The molecule has 0 fully saturated rings. The molecule has 2 heterocycles. The minimum atomic E-state index is 0.901. The largest absolute Gasteiger partial charge is 0.349 e. The van der Waals surface area contributed by atoms with Gasteiger partial charge in [0.15, 0.2) is 0 Å². The van der Waals surface area contributed by atoms with Crippen molar-refractivity contribution in [2.24, 2.45) is 0 Å². The molecule has 0 aromatic carbocycles. The Bertz CT molecular complexity index is 514. The first-order chi connectivity index (χ1) is 6.81. The molecule has 2 aromatic heterocycles. The molecule has 14 heavy (non-hydrogen) atoms. The predicted octanol–water partition coefficient (Wildman–Crippen LogP) is 1.17. The van der Waals surface area contributed by atoms with E-state index in [9.17, 15) is 0 Å². The van der Waals surface area contributed by atoms with E-state index in [0.29, 0.717) is 0 Å². The van der Waals surface area contributed by atoms with Gasteiger partial charge >= 0.3 is 0 Å². The van der Waals surface area contributed by atoms with E-state index in [1.54, 1.807) is 13.2 Å². The van der Waals surface area contributed by atoms with Crippen molar-refractivity contribution < 1.29 is 0 Å². The lowest BCUT2D eigenvalue weighted by Crippen LogP contribution is -1.94. The SMILES string of the molecule is CNC#Cc1cnc2ccc(C)cn12. The number of rotatable bonds is 0. The Labute approximate surface area is 82.8 Å². The lowest BCUT2D eigenvalue weighted by Gasteiger charge is -1.96. The third-order valence-corrected chi connectivity index (χ3v) is 1.97. The molecule has 70 valence electrons. The topological polar surface area (TPSA) is 29.3 Å². The molecule has 0 amide bonds. The monoisotopic (exact) mass is 185 g/mol. The lowest BCUT2D eigenvalue weighted by molar-refractivity contribution is 1.12. The quantitative estimate of drug-likeness (QED) is 0.493. The van der Waals surface area contributed by atoms with Crippen molar-refractivity contribution in [3.8, 4) is 12.0 Å². The molecule has 0 aliphatic rings. The maximum absolute atomic E-state index is 4.25. The summed E-state index contributed by atoms with van der Waals surface area (Å²) < 4.78 is 1.99. The number of nitrogens with one attached hydrogen (secondary N) is 1. The van der Waals surface area contributed by atoms with Crippen LogP contribution in [0.25, 0.3) is 5.65 Å². The van der Waals surface area contributed by atoms with E-state index >= 15 is 0 Å². The van der Waals surface area contributed by atoms with Crippen LogP contribution < -0.4 is 5.32 Å². The normalized spacial score (nSPS) is 9.57. The Morgan fingerprint density at radius 3 is 3.07 bits per heavy atom. The smallest absolute Gasteiger partial charge is 0.137 e. The van der Waals surface area contributed by atoms with E-state index in [0.717, 1.165) is 11.3 Å². The maximum Gasteiger partial charge on any atom is 0.137 e. The van der Waals surface area contributed by atoms with Gasteiger partial charge in [0.1, 0.15) is 11.3 Å². The zero-order valence-corrected chi connectivity index (χ0v) is 8.20. The Hall–Kier alpha value is -1.95. The number of fused-ring (bicyclic) bond motifs is 1. The van der Waals surface area contributed by atoms with Crippen LogP contribution >= 0.6 is 0 Å². The second-order valence-corrected chi connectivity index (χ2v) is 3.08. The molecule has 0 atom stereocenters. The molecule has 3 nitrogen and oxygen atoms in total. The number of imidazole rings is 1. The molecule has 0 bridgehead atoms. The lowest BCUT2D eigenvalue weighted by atomic mass is 10.3. The molecular formula is C11H11N3. The van der Waals surface area contributed by atoms with Crippen molar-refractivity contribution in [2.45, 2.75) is 6.92 Å². The molecule has 0 aliphatic heterocycles. The second-order valence-electron chi connectivity index (χ2n) is 3.08. The van der Waals surface area contributed by atoms with Crippen molar-refractivity contribution in [1.82, 2.24) is 14.7 Å². The van der Waals surface area contributed by atoms with Crippen LogP contribution in [0, 0.1) is 18.9 Å². The standard InChI is InChI=1S/C11H11N3/c1-9-3-4-11-13-7-10(5-6-12-2)14(11)8-9/h3-4,7-8,12H,1-2H3. The first-order valence-corrected chi connectivity index (χ1v) is 4.43. The first-order valence-electron chi connectivity index (χ1n) is 4.43. The molecule has 1 N–H and O–H groups in total. The molecule has 0 aliphatic carbocycles. The van der Waals surface area contributed by atoms with Gasteiger partial charge in [0.2, 0.25) is 0 Å². The zero-order valence-electron chi connectivity index (χ0n) is 8.20. The minimum Gasteiger partial charge on any atom is -0.349 e. The molecule has 3 heteroatoms. The summed E-state index contributed by atoms with van der Waals surface area (Å²) >= 11 is 0. The van der Waals surface area contributed by atoms with Crippen molar-refractivity contribution in [3.63, 3.8) is 0 Å². The minimum absolute atomic E-state index is 0.901. The van der Waals surface area contributed by atoms with Gasteiger partial charge in [-0.2, -0.15) is 0 Å². The van der Waals surface area contributed by atoms with E-state index in [4.69, 9.17) is 0 Å². The average molecular weight is 185 g/mol. The number of nitrogens with zero attached hydrogens (tertiary/aromatic N) is 2. The van der Waals surface area contributed by atoms with Crippen LogP contribution in [0.15, 0.2) is 24.5 Å². The summed E-state index contributed by atoms with van der Waals surface area (Å²) in [6, 6.07) is 6.83. The van der Waals surface area contributed by atoms with E-state index in [1.165, 1.54) is 5.56 Å². The average Bonchev–Trinajstić information content (AvgIpc) is 2.57. The Kier molecular flexibility index (Phi) is 2.11. The molecule has 0 saturated carbocycles. The van der Waals surface area contributed by atoms with Crippen LogP contribution in [-0.2, 0) is 0 Å². The van der Waals surface area contributed by atoms with Gasteiger partial charge in [-0.1, -0.05) is 6.07 Å². The fraction of sp³-hybridized carbons (Fsp3) is 0.182. The van der Waals surface area contributed by atoms with Crippen LogP contribution in [-0.4, -0.2) is 16.4 Å². The van der Waals surface area contributed by atoms with Gasteiger partial charge in [0.25, 0.3) is 0 Å². The number of hydrogen-bond acceptors (Lipinski definition) is 2. The van der Waals surface area contributed by atoms with Crippen LogP contribution in [0.5, 0.6) is 0 Å². The first kappa shape index (κ1) is 8.64. The second kappa shape index (κ2) is 3.43. The molecule has 0 spiro atoms. The molecule has 0 saturated heterocycles. The van der Waals surface area contributed by atoms with Crippen molar-refractivity contribution in [2.75, 3.05) is 7.05 Å².